The summed E-state index contributed by atoms with van der Waals surface area (Å²) in [7, 11) is 0. The third-order valence-electron chi connectivity index (χ3n) is 4.44. The molecule has 0 aliphatic carbocycles. The average Bonchev–Trinajstić information content (AvgIpc) is 2.99. The lowest BCUT2D eigenvalue weighted by Gasteiger charge is -2.18. The summed E-state index contributed by atoms with van der Waals surface area (Å²) in [5, 5.41) is 0. The van der Waals surface area contributed by atoms with Crippen molar-refractivity contribution in [3.05, 3.63) is 64.2 Å². The molecule has 0 bridgehead atoms. The van der Waals surface area contributed by atoms with Crippen molar-refractivity contribution in [3.8, 4) is 0 Å². The molecule has 1 heterocycles. The predicted molar refractivity (Wildman–Crippen MR) is 111 cm³/mol. The van der Waals surface area contributed by atoms with E-state index in [1.807, 2.05) is 12.1 Å². The van der Waals surface area contributed by atoms with E-state index in [1.54, 1.807) is 31.2 Å². The van der Waals surface area contributed by atoms with Crippen molar-refractivity contribution in [1.82, 2.24) is 4.57 Å². The molecule has 0 saturated carbocycles. The lowest BCUT2D eigenvalue weighted by Crippen LogP contribution is -2.23. The molecule has 0 atom stereocenters. The maximum absolute atomic E-state index is 14.4. The summed E-state index contributed by atoms with van der Waals surface area (Å²) in [4.78, 5) is 29.2. The van der Waals surface area contributed by atoms with Crippen molar-refractivity contribution < 1.29 is 18.7 Å². The number of rotatable bonds is 4. The number of hydrogen-bond donors (Lipinski definition) is 0. The Morgan fingerprint density at radius 1 is 1.14 bits per heavy atom. The van der Waals surface area contributed by atoms with Crippen molar-refractivity contribution in [2.24, 2.45) is 4.99 Å². The molecule has 152 valence electrons. The number of para-hydroxylation sites is 1. The molecule has 0 radical (unpaired) electrons. The Morgan fingerprint density at radius 3 is 2.45 bits per heavy atom. The second-order valence-electron chi connectivity index (χ2n) is 7.61. The largest absolute Gasteiger partial charge is 0.465 e. The molecule has 3 rings (SSSR count). The smallest absolute Gasteiger partial charge is 0.326 e. The first kappa shape index (κ1) is 20.9. The number of nitrogens with zero attached hydrogens (tertiary/aromatic N) is 2. The predicted octanol–water partition coefficient (Wildman–Crippen LogP) is 4.44. The molecule has 0 unspecified atom stereocenters. The van der Waals surface area contributed by atoms with Crippen molar-refractivity contribution in [1.29, 1.82) is 0 Å². The highest BCUT2D eigenvalue weighted by Gasteiger charge is 2.17. The quantitative estimate of drug-likeness (QED) is 0.593. The molecule has 0 aliphatic rings. The minimum Gasteiger partial charge on any atom is -0.465 e. The molecule has 29 heavy (non-hydrogen) atoms. The minimum absolute atomic E-state index is 0.0234. The van der Waals surface area contributed by atoms with Gasteiger partial charge in [-0.1, -0.05) is 50.3 Å². The molecule has 2 aromatic carbocycles. The molecule has 1 aromatic heterocycles. The number of carbonyl (C=O) groups excluding carboxylic acids is 2. The number of halogens is 1. The lowest BCUT2D eigenvalue weighted by molar-refractivity contribution is -0.143. The van der Waals surface area contributed by atoms with E-state index in [4.69, 9.17) is 4.74 Å². The number of hydrogen-bond acceptors (Lipinski definition) is 4. The summed E-state index contributed by atoms with van der Waals surface area (Å²) >= 11 is 1.16. The first-order valence-electron chi connectivity index (χ1n) is 9.33. The highest BCUT2D eigenvalue weighted by atomic mass is 32.1. The van der Waals surface area contributed by atoms with Gasteiger partial charge in [-0.05, 0) is 42.2 Å². The zero-order chi connectivity index (χ0) is 21.2. The van der Waals surface area contributed by atoms with Crippen molar-refractivity contribution in [2.75, 3.05) is 6.61 Å². The summed E-state index contributed by atoms with van der Waals surface area (Å²) in [6, 6.07) is 11.9. The van der Waals surface area contributed by atoms with Crippen LogP contribution in [0.5, 0.6) is 0 Å². The van der Waals surface area contributed by atoms with Crippen molar-refractivity contribution >= 4 is 33.4 Å². The molecular weight excluding hydrogens is 391 g/mol. The van der Waals surface area contributed by atoms with E-state index >= 15 is 0 Å². The number of fused-ring (bicyclic) bond motifs is 1. The van der Waals surface area contributed by atoms with Crippen LogP contribution in [0.15, 0.2) is 47.5 Å². The number of amides is 1. The van der Waals surface area contributed by atoms with Crippen molar-refractivity contribution in [3.63, 3.8) is 0 Å². The van der Waals surface area contributed by atoms with Gasteiger partial charge >= 0.3 is 5.97 Å². The van der Waals surface area contributed by atoms with E-state index in [1.165, 1.54) is 10.6 Å². The Morgan fingerprint density at radius 2 is 1.83 bits per heavy atom. The van der Waals surface area contributed by atoms with E-state index in [2.05, 4.69) is 25.8 Å². The summed E-state index contributed by atoms with van der Waals surface area (Å²) in [5.74, 6) is -1.44. The Kier molecular flexibility index (Phi) is 5.98. The van der Waals surface area contributed by atoms with Gasteiger partial charge < -0.3 is 9.30 Å². The van der Waals surface area contributed by atoms with Crippen molar-refractivity contribution in [2.45, 2.75) is 39.7 Å². The fourth-order valence-electron chi connectivity index (χ4n) is 2.92. The third kappa shape index (κ3) is 4.62. The van der Waals surface area contributed by atoms with Crippen LogP contribution in [-0.2, 0) is 21.5 Å². The molecule has 5 nitrogen and oxygen atoms in total. The topological polar surface area (TPSA) is 60.7 Å². The van der Waals surface area contributed by atoms with E-state index in [0.29, 0.717) is 10.3 Å². The molecule has 0 fully saturated rings. The summed E-state index contributed by atoms with van der Waals surface area (Å²) in [5.41, 5.74) is 1.75. The Balaban J connectivity index is 2.06. The fourth-order valence-corrected chi connectivity index (χ4v) is 3.96. The van der Waals surface area contributed by atoms with Crippen LogP contribution < -0.4 is 4.80 Å². The van der Waals surface area contributed by atoms with Crippen LogP contribution in [0.3, 0.4) is 0 Å². The van der Waals surface area contributed by atoms with Gasteiger partial charge in [0.15, 0.2) is 4.80 Å². The van der Waals surface area contributed by atoms with Crippen LogP contribution in [0.4, 0.5) is 4.39 Å². The SMILES string of the molecule is CCOC(=O)Cn1c(=NC(=O)c2ccc(C(C)(C)C)cc2)sc2cccc(F)c21. The average molecular weight is 415 g/mol. The first-order chi connectivity index (χ1) is 13.7. The monoisotopic (exact) mass is 414 g/mol. The zero-order valence-electron chi connectivity index (χ0n) is 16.9. The van der Waals surface area contributed by atoms with Crippen LogP contribution >= 0.6 is 11.3 Å². The van der Waals surface area contributed by atoms with Gasteiger partial charge in [0.25, 0.3) is 5.91 Å². The number of ether oxygens (including phenoxy) is 1. The normalized spacial score (nSPS) is 12.4. The van der Waals surface area contributed by atoms with Crippen LogP contribution in [-0.4, -0.2) is 23.1 Å². The van der Waals surface area contributed by atoms with Gasteiger partial charge in [0.2, 0.25) is 0 Å². The van der Waals surface area contributed by atoms with Gasteiger partial charge in [-0.25, -0.2) is 4.39 Å². The maximum Gasteiger partial charge on any atom is 0.326 e. The lowest BCUT2D eigenvalue weighted by atomic mass is 9.87. The van der Waals surface area contributed by atoms with E-state index in [0.717, 1.165) is 16.9 Å². The number of carbonyl (C=O) groups is 2. The number of aromatic nitrogens is 1. The third-order valence-corrected chi connectivity index (χ3v) is 5.48. The zero-order valence-corrected chi connectivity index (χ0v) is 17.7. The molecule has 1 amide bonds. The molecule has 3 aromatic rings. The Hall–Kier alpha value is -2.80. The maximum atomic E-state index is 14.4. The van der Waals surface area contributed by atoms with Gasteiger partial charge in [0.05, 0.1) is 16.8 Å². The van der Waals surface area contributed by atoms with Crippen LogP contribution in [0, 0.1) is 5.82 Å². The first-order valence-corrected chi connectivity index (χ1v) is 10.2. The molecule has 0 aliphatic heterocycles. The van der Waals surface area contributed by atoms with Gasteiger partial charge in [0.1, 0.15) is 12.4 Å². The minimum atomic E-state index is -0.515. The van der Waals surface area contributed by atoms with Gasteiger partial charge in [-0.3, -0.25) is 9.59 Å². The molecule has 0 saturated heterocycles. The second-order valence-corrected chi connectivity index (χ2v) is 8.62. The second kappa shape index (κ2) is 8.29. The number of benzene rings is 2. The number of thiazole rings is 1. The highest BCUT2D eigenvalue weighted by Crippen LogP contribution is 2.23. The van der Waals surface area contributed by atoms with Gasteiger partial charge in [-0.2, -0.15) is 4.99 Å². The Labute approximate surface area is 172 Å². The van der Waals surface area contributed by atoms with Gasteiger partial charge in [-0.15, -0.1) is 0 Å². The standard InChI is InChI=1S/C22H23FN2O3S/c1-5-28-18(26)13-25-19-16(23)7-6-8-17(19)29-21(25)24-20(27)14-9-11-15(12-10-14)22(2,3)4/h6-12H,5,13H2,1-4H3. The summed E-state index contributed by atoms with van der Waals surface area (Å²) in [6.45, 7) is 7.99. The molecular formula is C22H23FN2O3S. The fraction of sp³-hybridized carbons (Fsp3) is 0.318. The molecule has 0 spiro atoms. The van der Waals surface area contributed by atoms with Crippen LogP contribution in [0.2, 0.25) is 0 Å². The van der Waals surface area contributed by atoms with E-state index in [9.17, 15) is 14.0 Å². The summed E-state index contributed by atoms with van der Waals surface area (Å²) < 4.78 is 21.4. The van der Waals surface area contributed by atoms with Crippen LogP contribution in [0.25, 0.3) is 10.2 Å². The summed E-state index contributed by atoms with van der Waals surface area (Å²) in [6.07, 6.45) is 0. The van der Waals surface area contributed by atoms with Gasteiger partial charge in [0, 0.05) is 5.56 Å². The van der Waals surface area contributed by atoms with E-state index < -0.39 is 17.7 Å². The van der Waals surface area contributed by atoms with Crippen LogP contribution in [0.1, 0.15) is 43.6 Å². The molecule has 7 heteroatoms. The number of esters is 1. The molecule has 0 N–H and O–H groups in total. The Bertz CT molecular complexity index is 1120. The highest BCUT2D eigenvalue weighted by molar-refractivity contribution is 7.16. The van der Waals surface area contributed by atoms with E-state index in [-0.39, 0.29) is 28.9 Å².